The molecule has 0 aliphatic heterocycles. The number of nitrogens with one attached hydrogen (secondary N) is 1. The molecule has 2 heteroatoms. The smallest absolute Gasteiger partial charge is 0.0490 e. The second-order valence-corrected chi connectivity index (χ2v) is 3.70. The van der Waals surface area contributed by atoms with Gasteiger partial charge in [0.05, 0.1) is 0 Å². The lowest BCUT2D eigenvalue weighted by molar-refractivity contribution is 0.576. The Balaban J connectivity index is 2.02. The summed E-state index contributed by atoms with van der Waals surface area (Å²) < 4.78 is 0. The summed E-state index contributed by atoms with van der Waals surface area (Å²) >= 11 is 0. The van der Waals surface area contributed by atoms with Gasteiger partial charge in [0.25, 0.3) is 0 Å². The fourth-order valence-corrected chi connectivity index (χ4v) is 2.08. The monoisotopic (exact) mass is 164 g/mol. The van der Waals surface area contributed by atoms with E-state index in [0.29, 0.717) is 0 Å². The first-order valence-electron chi connectivity index (χ1n) is 4.96. The van der Waals surface area contributed by atoms with Crippen LogP contribution in [0.15, 0.2) is 12.3 Å². The van der Waals surface area contributed by atoms with Crippen molar-refractivity contribution in [3.05, 3.63) is 18.0 Å². The van der Waals surface area contributed by atoms with Crippen molar-refractivity contribution in [2.45, 2.75) is 44.4 Å². The molecule has 12 heavy (non-hydrogen) atoms. The van der Waals surface area contributed by atoms with Gasteiger partial charge in [0.15, 0.2) is 0 Å². The first-order chi connectivity index (χ1) is 5.97. The summed E-state index contributed by atoms with van der Waals surface area (Å²) in [6.45, 7) is 0. The van der Waals surface area contributed by atoms with Crippen LogP contribution in [0.1, 0.15) is 50.1 Å². The Hall–Kier alpha value is -0.790. The van der Waals surface area contributed by atoms with Crippen molar-refractivity contribution in [3.8, 4) is 0 Å². The molecule has 0 radical (unpaired) electrons. The third kappa shape index (κ3) is 1.68. The van der Waals surface area contributed by atoms with E-state index >= 15 is 0 Å². The minimum Gasteiger partial charge on any atom is -0.282 e. The average molecular weight is 164 g/mol. The van der Waals surface area contributed by atoms with E-state index in [2.05, 4.69) is 16.3 Å². The lowest BCUT2D eigenvalue weighted by atomic mass is 9.97. The largest absolute Gasteiger partial charge is 0.282 e. The Morgan fingerprint density at radius 2 is 1.92 bits per heavy atom. The van der Waals surface area contributed by atoms with Gasteiger partial charge in [-0.25, -0.2) is 0 Å². The zero-order chi connectivity index (χ0) is 8.23. The number of hydrogen-bond donors (Lipinski definition) is 1. The highest BCUT2D eigenvalue weighted by atomic mass is 15.1. The van der Waals surface area contributed by atoms with Crippen LogP contribution in [0, 0.1) is 0 Å². The Labute approximate surface area is 73.4 Å². The molecule has 1 aromatic rings. The fourth-order valence-electron chi connectivity index (χ4n) is 2.08. The molecule has 1 fully saturated rings. The molecule has 1 aromatic heterocycles. The fraction of sp³-hybridized carbons (Fsp3) is 0.700. The molecule has 1 N–H and O–H groups in total. The SMILES string of the molecule is c1cc(C2CCCCCC2)[nH]n1. The molecule has 1 heterocycles. The highest BCUT2D eigenvalue weighted by Crippen LogP contribution is 2.29. The summed E-state index contributed by atoms with van der Waals surface area (Å²) in [5.74, 6) is 0.759. The molecule has 0 spiro atoms. The summed E-state index contributed by atoms with van der Waals surface area (Å²) in [4.78, 5) is 0. The van der Waals surface area contributed by atoms with Gasteiger partial charge in [-0.05, 0) is 18.9 Å². The first kappa shape index (κ1) is 7.84. The summed E-state index contributed by atoms with van der Waals surface area (Å²) in [5.41, 5.74) is 1.34. The van der Waals surface area contributed by atoms with E-state index in [1.54, 1.807) is 0 Å². The maximum Gasteiger partial charge on any atom is 0.0490 e. The van der Waals surface area contributed by atoms with Gasteiger partial charge in [0, 0.05) is 17.8 Å². The third-order valence-corrected chi connectivity index (χ3v) is 2.82. The van der Waals surface area contributed by atoms with Crippen LogP contribution in [-0.2, 0) is 0 Å². The number of aromatic nitrogens is 2. The average Bonchev–Trinajstić information content (AvgIpc) is 2.48. The summed E-state index contributed by atoms with van der Waals surface area (Å²) in [6, 6.07) is 2.12. The van der Waals surface area contributed by atoms with Crippen LogP contribution in [0.2, 0.25) is 0 Å². The molecule has 2 nitrogen and oxygen atoms in total. The quantitative estimate of drug-likeness (QED) is 0.635. The topological polar surface area (TPSA) is 28.7 Å². The van der Waals surface area contributed by atoms with E-state index in [1.807, 2.05) is 6.20 Å². The maximum atomic E-state index is 4.00. The van der Waals surface area contributed by atoms with Gasteiger partial charge in [-0.1, -0.05) is 25.7 Å². The van der Waals surface area contributed by atoms with Crippen molar-refractivity contribution in [2.75, 3.05) is 0 Å². The van der Waals surface area contributed by atoms with Gasteiger partial charge < -0.3 is 0 Å². The normalized spacial score (nSPS) is 20.7. The Bertz CT molecular complexity index is 208. The molecule has 1 aliphatic carbocycles. The van der Waals surface area contributed by atoms with Gasteiger partial charge in [-0.15, -0.1) is 0 Å². The van der Waals surface area contributed by atoms with E-state index < -0.39 is 0 Å². The van der Waals surface area contributed by atoms with Gasteiger partial charge >= 0.3 is 0 Å². The van der Waals surface area contributed by atoms with Crippen LogP contribution in [0.4, 0.5) is 0 Å². The van der Waals surface area contributed by atoms with E-state index in [-0.39, 0.29) is 0 Å². The Morgan fingerprint density at radius 1 is 1.17 bits per heavy atom. The molecular formula is C10H16N2. The molecule has 1 aliphatic rings. The van der Waals surface area contributed by atoms with E-state index in [1.165, 1.54) is 44.2 Å². The molecule has 0 amide bonds. The van der Waals surface area contributed by atoms with Crippen LogP contribution in [0.3, 0.4) is 0 Å². The van der Waals surface area contributed by atoms with Crippen LogP contribution >= 0.6 is 0 Å². The van der Waals surface area contributed by atoms with Crippen LogP contribution in [-0.4, -0.2) is 10.2 Å². The van der Waals surface area contributed by atoms with Crippen LogP contribution < -0.4 is 0 Å². The molecule has 0 saturated heterocycles. The molecule has 0 aromatic carbocycles. The minimum atomic E-state index is 0.759. The first-order valence-corrected chi connectivity index (χ1v) is 4.96. The number of nitrogens with zero attached hydrogens (tertiary/aromatic N) is 1. The van der Waals surface area contributed by atoms with Crippen LogP contribution in [0.25, 0.3) is 0 Å². The molecular weight excluding hydrogens is 148 g/mol. The zero-order valence-electron chi connectivity index (χ0n) is 7.42. The molecule has 2 rings (SSSR count). The molecule has 1 saturated carbocycles. The predicted octanol–water partition coefficient (Wildman–Crippen LogP) is 2.85. The predicted molar refractivity (Wildman–Crippen MR) is 49.0 cm³/mol. The van der Waals surface area contributed by atoms with Crippen molar-refractivity contribution in [2.24, 2.45) is 0 Å². The van der Waals surface area contributed by atoms with Crippen LogP contribution in [0.5, 0.6) is 0 Å². The molecule has 66 valence electrons. The van der Waals surface area contributed by atoms with Crippen molar-refractivity contribution in [1.82, 2.24) is 10.2 Å². The maximum absolute atomic E-state index is 4.00. The lowest BCUT2D eigenvalue weighted by Gasteiger charge is -2.10. The summed E-state index contributed by atoms with van der Waals surface area (Å²) in [5, 5.41) is 7.09. The minimum absolute atomic E-state index is 0.759. The summed E-state index contributed by atoms with van der Waals surface area (Å²) in [6.07, 6.45) is 10.2. The third-order valence-electron chi connectivity index (χ3n) is 2.82. The number of rotatable bonds is 1. The molecule has 0 unspecified atom stereocenters. The van der Waals surface area contributed by atoms with E-state index in [0.717, 1.165) is 5.92 Å². The standard InChI is InChI=1S/C10H16N2/c1-2-4-6-9(5-3-1)10-7-8-11-12-10/h7-9H,1-6H2,(H,11,12). The molecule has 0 atom stereocenters. The highest BCUT2D eigenvalue weighted by Gasteiger charge is 2.14. The van der Waals surface area contributed by atoms with Crippen molar-refractivity contribution in [3.63, 3.8) is 0 Å². The van der Waals surface area contributed by atoms with Crippen molar-refractivity contribution < 1.29 is 0 Å². The van der Waals surface area contributed by atoms with Crippen molar-refractivity contribution in [1.29, 1.82) is 0 Å². The van der Waals surface area contributed by atoms with Gasteiger partial charge in [-0.2, -0.15) is 5.10 Å². The van der Waals surface area contributed by atoms with Gasteiger partial charge in [-0.3, -0.25) is 5.10 Å². The second kappa shape index (κ2) is 3.74. The van der Waals surface area contributed by atoms with E-state index in [9.17, 15) is 0 Å². The van der Waals surface area contributed by atoms with Gasteiger partial charge in [0.1, 0.15) is 0 Å². The zero-order valence-corrected chi connectivity index (χ0v) is 7.42. The highest BCUT2D eigenvalue weighted by molar-refractivity contribution is 5.05. The van der Waals surface area contributed by atoms with E-state index in [4.69, 9.17) is 0 Å². The van der Waals surface area contributed by atoms with Crippen molar-refractivity contribution >= 4 is 0 Å². The van der Waals surface area contributed by atoms with Gasteiger partial charge in [0.2, 0.25) is 0 Å². The number of aromatic amines is 1. The molecule has 0 bridgehead atoms. The lowest BCUT2D eigenvalue weighted by Crippen LogP contribution is -1.97. The Kier molecular flexibility index (Phi) is 2.45. The second-order valence-electron chi connectivity index (χ2n) is 3.70. The Morgan fingerprint density at radius 3 is 2.50 bits per heavy atom. The summed E-state index contributed by atoms with van der Waals surface area (Å²) in [7, 11) is 0. The number of hydrogen-bond acceptors (Lipinski definition) is 1. The number of H-pyrrole nitrogens is 1.